The van der Waals surface area contributed by atoms with Crippen LogP contribution in [0.5, 0.6) is 0 Å². The van der Waals surface area contributed by atoms with Gasteiger partial charge in [-0.15, -0.1) is 11.3 Å². The third kappa shape index (κ3) is 4.66. The maximum Gasteiger partial charge on any atom is 0.243 e. The van der Waals surface area contributed by atoms with E-state index in [9.17, 15) is 9.59 Å². The number of hydrogen-bond acceptors (Lipinski definition) is 3. The number of amides is 2. The maximum absolute atomic E-state index is 11.9. The number of hydrogen-bond donors (Lipinski definition) is 2. The highest BCUT2D eigenvalue weighted by atomic mass is 35.5. The highest BCUT2D eigenvalue weighted by Gasteiger charge is 2.22. The normalized spacial score (nSPS) is 12.3. The van der Waals surface area contributed by atoms with E-state index in [1.807, 2.05) is 19.9 Å². The predicted molar refractivity (Wildman–Crippen MR) is 73.6 cm³/mol. The minimum absolute atomic E-state index is 0.0424. The third-order valence-corrected chi connectivity index (χ3v) is 3.60. The van der Waals surface area contributed by atoms with E-state index in [2.05, 4.69) is 10.6 Å². The largest absolute Gasteiger partial charge is 0.349 e. The van der Waals surface area contributed by atoms with Crippen LogP contribution in [0.4, 0.5) is 0 Å². The van der Waals surface area contributed by atoms with E-state index < -0.39 is 6.04 Å². The molecule has 2 N–H and O–H groups in total. The molecule has 0 saturated carbocycles. The van der Waals surface area contributed by atoms with Gasteiger partial charge in [-0.25, -0.2) is 0 Å². The summed E-state index contributed by atoms with van der Waals surface area (Å²) in [5.41, 5.74) is 0. The number of carbonyl (C=O) groups excluding carboxylic acids is 2. The third-order valence-electron chi connectivity index (χ3n) is 2.37. The van der Waals surface area contributed by atoms with Gasteiger partial charge in [0.1, 0.15) is 6.04 Å². The molecule has 0 unspecified atom stereocenters. The molecule has 1 aromatic heterocycles. The molecule has 4 nitrogen and oxygen atoms in total. The van der Waals surface area contributed by atoms with Crippen LogP contribution in [0.25, 0.3) is 0 Å². The number of halogens is 1. The lowest BCUT2D eigenvalue weighted by molar-refractivity contribution is -0.129. The van der Waals surface area contributed by atoms with E-state index in [-0.39, 0.29) is 17.7 Å². The van der Waals surface area contributed by atoms with Crippen LogP contribution < -0.4 is 10.6 Å². The molecule has 18 heavy (non-hydrogen) atoms. The van der Waals surface area contributed by atoms with Crippen LogP contribution in [-0.4, -0.2) is 17.9 Å². The molecule has 1 heterocycles. The van der Waals surface area contributed by atoms with Crippen LogP contribution in [0.2, 0.25) is 4.34 Å². The molecule has 0 aliphatic heterocycles. The first-order chi connectivity index (χ1) is 8.40. The minimum Gasteiger partial charge on any atom is -0.349 e. The van der Waals surface area contributed by atoms with Gasteiger partial charge in [-0.1, -0.05) is 25.4 Å². The van der Waals surface area contributed by atoms with Crippen LogP contribution >= 0.6 is 22.9 Å². The zero-order valence-electron chi connectivity index (χ0n) is 10.6. The summed E-state index contributed by atoms with van der Waals surface area (Å²) in [4.78, 5) is 24.0. The van der Waals surface area contributed by atoms with Crippen LogP contribution in [0.3, 0.4) is 0 Å². The summed E-state index contributed by atoms with van der Waals surface area (Å²) in [6.07, 6.45) is 0. The zero-order valence-corrected chi connectivity index (χ0v) is 12.2. The molecule has 100 valence electrons. The van der Waals surface area contributed by atoms with Crippen LogP contribution in [0, 0.1) is 5.92 Å². The smallest absolute Gasteiger partial charge is 0.243 e. The molecule has 1 rings (SSSR count). The summed E-state index contributed by atoms with van der Waals surface area (Å²) >= 11 is 7.23. The summed E-state index contributed by atoms with van der Waals surface area (Å²) in [6.45, 7) is 5.62. The van der Waals surface area contributed by atoms with E-state index in [0.717, 1.165) is 4.88 Å². The van der Waals surface area contributed by atoms with Crippen molar-refractivity contribution in [1.82, 2.24) is 10.6 Å². The van der Waals surface area contributed by atoms with Crippen molar-refractivity contribution in [2.75, 3.05) is 0 Å². The van der Waals surface area contributed by atoms with E-state index in [4.69, 9.17) is 11.6 Å². The first-order valence-corrected chi connectivity index (χ1v) is 6.88. The Morgan fingerprint density at radius 2 is 2.06 bits per heavy atom. The highest BCUT2D eigenvalue weighted by Crippen LogP contribution is 2.21. The minimum atomic E-state index is -0.502. The van der Waals surface area contributed by atoms with Gasteiger partial charge in [0.2, 0.25) is 11.8 Å². The second-order valence-electron chi connectivity index (χ2n) is 4.35. The first kappa shape index (κ1) is 15.0. The van der Waals surface area contributed by atoms with Crippen molar-refractivity contribution in [2.24, 2.45) is 5.92 Å². The summed E-state index contributed by atoms with van der Waals surface area (Å²) in [5.74, 6) is -0.339. The molecule has 1 aromatic rings. The van der Waals surface area contributed by atoms with Crippen molar-refractivity contribution in [3.8, 4) is 0 Å². The Bertz CT molecular complexity index is 431. The first-order valence-electron chi connectivity index (χ1n) is 5.69. The topological polar surface area (TPSA) is 58.2 Å². The van der Waals surface area contributed by atoms with Crippen molar-refractivity contribution in [3.63, 3.8) is 0 Å². The number of thiophene rings is 1. The van der Waals surface area contributed by atoms with Gasteiger partial charge in [-0.05, 0) is 18.1 Å². The van der Waals surface area contributed by atoms with Crippen molar-refractivity contribution in [3.05, 3.63) is 21.3 Å². The Morgan fingerprint density at radius 1 is 1.39 bits per heavy atom. The van der Waals surface area contributed by atoms with Gasteiger partial charge in [0.05, 0.1) is 10.9 Å². The average molecular weight is 289 g/mol. The van der Waals surface area contributed by atoms with Crippen molar-refractivity contribution < 1.29 is 9.59 Å². The Morgan fingerprint density at radius 3 is 2.50 bits per heavy atom. The Labute approximate surface area is 116 Å². The molecule has 2 amide bonds. The molecule has 0 fully saturated rings. The van der Waals surface area contributed by atoms with Gasteiger partial charge in [0.25, 0.3) is 0 Å². The fourth-order valence-electron chi connectivity index (χ4n) is 1.48. The molecular formula is C12H17ClN2O2S. The van der Waals surface area contributed by atoms with Gasteiger partial charge in [-0.2, -0.15) is 0 Å². The van der Waals surface area contributed by atoms with E-state index in [1.165, 1.54) is 18.3 Å². The SMILES string of the molecule is CC(=O)N[C@@H](C(=O)NCc1ccc(Cl)s1)C(C)C. The molecule has 0 aliphatic rings. The molecule has 0 aromatic carbocycles. The number of rotatable bonds is 5. The maximum atomic E-state index is 11.9. The lowest BCUT2D eigenvalue weighted by Gasteiger charge is -2.20. The summed E-state index contributed by atoms with van der Waals surface area (Å²) in [5, 5.41) is 5.44. The average Bonchev–Trinajstić information content (AvgIpc) is 2.68. The van der Waals surface area contributed by atoms with Crippen LogP contribution in [-0.2, 0) is 16.1 Å². The Balaban J connectivity index is 2.53. The lowest BCUT2D eigenvalue weighted by atomic mass is 10.0. The molecular weight excluding hydrogens is 272 g/mol. The van der Waals surface area contributed by atoms with Crippen LogP contribution in [0.1, 0.15) is 25.6 Å². The fraction of sp³-hybridized carbons (Fsp3) is 0.500. The van der Waals surface area contributed by atoms with Crippen LogP contribution in [0.15, 0.2) is 12.1 Å². The molecule has 0 bridgehead atoms. The predicted octanol–water partition coefficient (Wildman–Crippen LogP) is 2.18. The van der Waals surface area contributed by atoms with Gasteiger partial charge < -0.3 is 10.6 Å². The van der Waals surface area contributed by atoms with Gasteiger partial charge >= 0.3 is 0 Å². The molecule has 6 heteroatoms. The van der Waals surface area contributed by atoms with Crippen molar-refractivity contribution in [1.29, 1.82) is 0 Å². The number of nitrogens with one attached hydrogen (secondary N) is 2. The molecule has 0 radical (unpaired) electrons. The quantitative estimate of drug-likeness (QED) is 0.872. The summed E-state index contributed by atoms with van der Waals surface area (Å²) < 4.78 is 0.696. The summed E-state index contributed by atoms with van der Waals surface area (Å²) in [7, 11) is 0. The van der Waals surface area contributed by atoms with E-state index >= 15 is 0 Å². The molecule has 0 spiro atoms. The molecule has 0 aliphatic carbocycles. The van der Waals surface area contributed by atoms with Gasteiger partial charge in [0, 0.05) is 11.8 Å². The summed E-state index contributed by atoms with van der Waals surface area (Å²) in [6, 6.07) is 3.16. The monoisotopic (exact) mass is 288 g/mol. The standard InChI is InChI=1S/C12H17ClN2O2S/c1-7(2)11(15-8(3)16)12(17)14-6-9-4-5-10(13)18-9/h4-5,7,11H,6H2,1-3H3,(H,14,17)(H,15,16)/t11-/m1/s1. The van der Waals surface area contributed by atoms with E-state index in [1.54, 1.807) is 6.07 Å². The Hall–Kier alpha value is -1.07. The number of carbonyl (C=O) groups is 2. The lowest BCUT2D eigenvalue weighted by Crippen LogP contribution is -2.48. The van der Waals surface area contributed by atoms with Gasteiger partial charge in [0.15, 0.2) is 0 Å². The molecule has 0 saturated heterocycles. The highest BCUT2D eigenvalue weighted by molar-refractivity contribution is 7.16. The second-order valence-corrected chi connectivity index (χ2v) is 6.15. The second kappa shape index (κ2) is 6.75. The fourth-order valence-corrected chi connectivity index (χ4v) is 2.51. The van der Waals surface area contributed by atoms with Crippen molar-refractivity contribution >= 4 is 34.8 Å². The Kier molecular flexibility index (Phi) is 5.62. The van der Waals surface area contributed by atoms with E-state index in [0.29, 0.717) is 10.9 Å². The molecule has 1 atom stereocenters. The zero-order chi connectivity index (χ0) is 13.7. The van der Waals surface area contributed by atoms with Gasteiger partial charge in [-0.3, -0.25) is 9.59 Å². The van der Waals surface area contributed by atoms with Crippen molar-refractivity contribution in [2.45, 2.75) is 33.4 Å².